The molecule has 0 aliphatic carbocycles. The summed E-state index contributed by atoms with van der Waals surface area (Å²) in [5.74, 6) is -1.11. The number of aliphatic hydroxyl groups excluding tert-OH is 1. The highest BCUT2D eigenvalue weighted by atomic mass is 16.4. The van der Waals surface area contributed by atoms with Gasteiger partial charge in [0, 0.05) is 19.2 Å². The number of unbranched alkanes of at least 4 members (excludes halogenated alkanes) is 1. The highest BCUT2D eigenvalue weighted by Crippen LogP contribution is 1.99. The predicted molar refractivity (Wildman–Crippen MR) is 54.0 cm³/mol. The van der Waals surface area contributed by atoms with E-state index in [1.165, 1.54) is 22.8 Å². The Bertz CT molecular complexity index is 397. The molecule has 5 nitrogen and oxygen atoms in total. The van der Waals surface area contributed by atoms with Gasteiger partial charge in [0.2, 0.25) is 0 Å². The first kappa shape index (κ1) is 11.5. The normalized spacial score (nSPS) is 10.2. The summed E-state index contributed by atoms with van der Waals surface area (Å²) in [6, 6.07) is 4.14. The lowest BCUT2D eigenvalue weighted by Crippen LogP contribution is -2.25. The second kappa shape index (κ2) is 5.31. The minimum Gasteiger partial charge on any atom is -0.477 e. The van der Waals surface area contributed by atoms with Crippen LogP contribution in [0.1, 0.15) is 23.3 Å². The number of pyridine rings is 1. The van der Waals surface area contributed by atoms with Crippen molar-refractivity contribution in [2.24, 2.45) is 0 Å². The molecular formula is C10H13NO4. The Labute approximate surface area is 86.6 Å². The molecule has 0 aliphatic rings. The van der Waals surface area contributed by atoms with E-state index in [2.05, 4.69) is 0 Å². The van der Waals surface area contributed by atoms with E-state index >= 15 is 0 Å². The molecule has 0 saturated heterocycles. The molecule has 2 N–H and O–H groups in total. The molecule has 1 aromatic heterocycles. The Balaban J connectivity index is 2.93. The number of carboxylic acids is 1. The third-order valence-corrected chi connectivity index (χ3v) is 2.06. The summed E-state index contributed by atoms with van der Waals surface area (Å²) in [5, 5.41) is 17.4. The van der Waals surface area contributed by atoms with Crippen LogP contribution in [0.3, 0.4) is 0 Å². The van der Waals surface area contributed by atoms with Crippen LogP contribution in [-0.2, 0) is 6.54 Å². The van der Waals surface area contributed by atoms with Gasteiger partial charge in [-0.3, -0.25) is 4.79 Å². The van der Waals surface area contributed by atoms with Gasteiger partial charge in [-0.2, -0.15) is 0 Å². The smallest absolute Gasteiger partial charge is 0.352 e. The standard InChI is InChI=1S/C10H13NO4/c12-7-2-1-6-11-8(10(14)15)4-3-5-9(11)13/h3-5,12H,1-2,6-7H2,(H,14,15). The largest absolute Gasteiger partial charge is 0.477 e. The fourth-order valence-corrected chi connectivity index (χ4v) is 1.32. The molecule has 5 heteroatoms. The molecule has 15 heavy (non-hydrogen) atoms. The van der Waals surface area contributed by atoms with Crippen LogP contribution in [0.4, 0.5) is 0 Å². The second-order valence-corrected chi connectivity index (χ2v) is 3.14. The van der Waals surface area contributed by atoms with Gasteiger partial charge in [-0.15, -0.1) is 0 Å². The molecule has 0 saturated carbocycles. The molecule has 1 heterocycles. The maximum Gasteiger partial charge on any atom is 0.352 e. The minimum atomic E-state index is -1.11. The topological polar surface area (TPSA) is 79.5 Å². The number of carbonyl (C=O) groups is 1. The molecule has 0 unspecified atom stereocenters. The third kappa shape index (κ3) is 2.92. The first-order chi connectivity index (χ1) is 7.16. The number of aromatic carboxylic acids is 1. The zero-order valence-electron chi connectivity index (χ0n) is 8.22. The summed E-state index contributed by atoms with van der Waals surface area (Å²) in [6.07, 6.45) is 1.14. The van der Waals surface area contributed by atoms with Crippen molar-refractivity contribution in [3.8, 4) is 0 Å². The molecule has 0 amide bonds. The molecule has 0 bridgehead atoms. The van der Waals surface area contributed by atoms with Crippen molar-refractivity contribution in [1.29, 1.82) is 0 Å². The summed E-state index contributed by atoms with van der Waals surface area (Å²) in [7, 11) is 0. The van der Waals surface area contributed by atoms with E-state index in [0.29, 0.717) is 19.4 Å². The van der Waals surface area contributed by atoms with Crippen LogP contribution in [0, 0.1) is 0 Å². The quantitative estimate of drug-likeness (QED) is 0.687. The van der Waals surface area contributed by atoms with Crippen molar-refractivity contribution in [1.82, 2.24) is 4.57 Å². The van der Waals surface area contributed by atoms with Gasteiger partial charge < -0.3 is 14.8 Å². The Morgan fingerprint density at radius 3 is 2.67 bits per heavy atom. The summed E-state index contributed by atoms with van der Waals surface area (Å²) >= 11 is 0. The zero-order chi connectivity index (χ0) is 11.3. The maximum atomic E-state index is 11.4. The molecule has 82 valence electrons. The first-order valence-electron chi connectivity index (χ1n) is 4.71. The van der Waals surface area contributed by atoms with Gasteiger partial charge in [-0.05, 0) is 18.9 Å². The van der Waals surface area contributed by atoms with Crippen molar-refractivity contribution >= 4 is 5.97 Å². The Morgan fingerprint density at radius 2 is 2.07 bits per heavy atom. The van der Waals surface area contributed by atoms with Gasteiger partial charge in [0.25, 0.3) is 5.56 Å². The van der Waals surface area contributed by atoms with Gasteiger partial charge >= 0.3 is 5.97 Å². The summed E-state index contributed by atoms with van der Waals surface area (Å²) < 4.78 is 1.21. The predicted octanol–water partition coefficient (Wildman–Crippen LogP) is 0.319. The molecule has 0 fully saturated rings. The van der Waals surface area contributed by atoms with Gasteiger partial charge in [0.05, 0.1) is 0 Å². The van der Waals surface area contributed by atoms with Gasteiger partial charge in [-0.25, -0.2) is 4.79 Å². The fraction of sp³-hybridized carbons (Fsp3) is 0.400. The van der Waals surface area contributed by atoms with Crippen molar-refractivity contribution in [3.05, 3.63) is 34.2 Å². The van der Waals surface area contributed by atoms with Crippen molar-refractivity contribution in [2.45, 2.75) is 19.4 Å². The summed E-state index contributed by atoms with van der Waals surface area (Å²) in [6.45, 7) is 0.367. The molecule has 1 rings (SSSR count). The molecule has 0 radical (unpaired) electrons. The average molecular weight is 211 g/mol. The van der Waals surface area contributed by atoms with Crippen molar-refractivity contribution in [2.75, 3.05) is 6.61 Å². The summed E-state index contributed by atoms with van der Waals surface area (Å²) in [4.78, 5) is 22.2. The number of aliphatic hydroxyl groups is 1. The van der Waals surface area contributed by atoms with Crippen LogP contribution in [0.5, 0.6) is 0 Å². The van der Waals surface area contributed by atoms with E-state index in [0.717, 1.165) is 0 Å². The molecule has 0 atom stereocenters. The van der Waals surface area contributed by atoms with E-state index in [1.807, 2.05) is 0 Å². The Hall–Kier alpha value is -1.62. The Kier molecular flexibility index (Phi) is 4.05. The second-order valence-electron chi connectivity index (χ2n) is 3.14. The van der Waals surface area contributed by atoms with E-state index in [9.17, 15) is 9.59 Å². The van der Waals surface area contributed by atoms with Gasteiger partial charge in [0.15, 0.2) is 0 Å². The molecular weight excluding hydrogens is 198 g/mol. The minimum absolute atomic E-state index is 0.0135. The lowest BCUT2D eigenvalue weighted by molar-refractivity contribution is 0.0683. The van der Waals surface area contributed by atoms with Crippen LogP contribution >= 0.6 is 0 Å². The maximum absolute atomic E-state index is 11.4. The highest BCUT2D eigenvalue weighted by Gasteiger charge is 2.09. The number of nitrogens with zero attached hydrogens (tertiary/aromatic N) is 1. The van der Waals surface area contributed by atoms with Gasteiger partial charge in [-0.1, -0.05) is 6.07 Å². The summed E-state index contributed by atoms with van der Waals surface area (Å²) in [5.41, 5.74) is -0.340. The molecule has 0 aliphatic heterocycles. The molecule has 0 spiro atoms. The number of hydrogen-bond acceptors (Lipinski definition) is 3. The lowest BCUT2D eigenvalue weighted by Gasteiger charge is -2.08. The monoisotopic (exact) mass is 211 g/mol. The number of aromatic nitrogens is 1. The Morgan fingerprint density at radius 1 is 1.33 bits per heavy atom. The van der Waals surface area contributed by atoms with Crippen LogP contribution in [-0.4, -0.2) is 27.4 Å². The first-order valence-corrected chi connectivity index (χ1v) is 4.71. The number of rotatable bonds is 5. The lowest BCUT2D eigenvalue weighted by atomic mass is 10.3. The average Bonchev–Trinajstić information content (AvgIpc) is 2.20. The van der Waals surface area contributed by atoms with Crippen molar-refractivity contribution < 1.29 is 15.0 Å². The molecule has 1 aromatic rings. The van der Waals surface area contributed by atoms with Gasteiger partial charge in [0.1, 0.15) is 5.69 Å². The van der Waals surface area contributed by atoms with Crippen LogP contribution in [0.25, 0.3) is 0 Å². The zero-order valence-corrected chi connectivity index (χ0v) is 8.22. The SMILES string of the molecule is O=C(O)c1cccc(=O)n1CCCCO. The van der Waals surface area contributed by atoms with Crippen LogP contribution in [0.2, 0.25) is 0 Å². The van der Waals surface area contributed by atoms with Crippen LogP contribution < -0.4 is 5.56 Å². The van der Waals surface area contributed by atoms with E-state index in [1.54, 1.807) is 0 Å². The van der Waals surface area contributed by atoms with Crippen LogP contribution in [0.15, 0.2) is 23.0 Å². The van der Waals surface area contributed by atoms with E-state index in [4.69, 9.17) is 10.2 Å². The van der Waals surface area contributed by atoms with Crippen molar-refractivity contribution in [3.63, 3.8) is 0 Å². The highest BCUT2D eigenvalue weighted by molar-refractivity contribution is 5.85. The van der Waals surface area contributed by atoms with E-state index < -0.39 is 5.97 Å². The molecule has 0 aromatic carbocycles. The number of carboxylic acid groups (broad SMARTS) is 1. The third-order valence-electron chi connectivity index (χ3n) is 2.06. The van der Waals surface area contributed by atoms with E-state index in [-0.39, 0.29) is 17.9 Å². The number of hydrogen-bond donors (Lipinski definition) is 2. The fourth-order valence-electron chi connectivity index (χ4n) is 1.32.